The van der Waals surface area contributed by atoms with Gasteiger partial charge in [-0.15, -0.1) is 6.42 Å². The van der Waals surface area contributed by atoms with Crippen LogP contribution < -0.4 is 10.9 Å². The van der Waals surface area contributed by atoms with Crippen molar-refractivity contribution < 1.29 is 0 Å². The Kier molecular flexibility index (Phi) is 3.17. The molecule has 2 rings (SSSR count). The summed E-state index contributed by atoms with van der Waals surface area (Å²) < 4.78 is 0. The normalized spacial score (nSPS) is 11.4. The zero-order chi connectivity index (χ0) is 13.2. The number of fused-ring (bicyclic) bond motifs is 1. The molecule has 0 atom stereocenters. The lowest BCUT2D eigenvalue weighted by Gasteiger charge is -2.18. The van der Waals surface area contributed by atoms with Gasteiger partial charge in [0.1, 0.15) is 5.82 Å². The second-order valence-electron chi connectivity index (χ2n) is 4.65. The maximum Gasteiger partial charge on any atom is 0.258 e. The maximum absolute atomic E-state index is 11.8. The molecule has 0 aliphatic heterocycles. The molecule has 18 heavy (non-hydrogen) atoms. The lowest BCUT2D eigenvalue weighted by atomic mass is 10.1. The van der Waals surface area contributed by atoms with E-state index in [1.54, 1.807) is 6.07 Å². The summed E-state index contributed by atoms with van der Waals surface area (Å²) >= 11 is 0. The number of nitrogens with one attached hydrogen (secondary N) is 2. The van der Waals surface area contributed by atoms with Crippen LogP contribution in [0.4, 0.5) is 0 Å². The van der Waals surface area contributed by atoms with Gasteiger partial charge in [0, 0.05) is 0 Å². The van der Waals surface area contributed by atoms with E-state index in [2.05, 4.69) is 21.2 Å². The van der Waals surface area contributed by atoms with Crippen molar-refractivity contribution in [2.45, 2.75) is 25.9 Å². The van der Waals surface area contributed by atoms with Crippen molar-refractivity contribution in [1.29, 1.82) is 0 Å². The molecular formula is C14H15N3O. The Hall–Kier alpha value is -2.12. The Balaban J connectivity index is 2.31. The SMILES string of the molecule is C#CC(C)(C)NCc1nc2ccccc2c(=O)[nH]1. The van der Waals surface area contributed by atoms with E-state index in [-0.39, 0.29) is 5.56 Å². The zero-order valence-electron chi connectivity index (χ0n) is 10.4. The van der Waals surface area contributed by atoms with Crippen molar-refractivity contribution in [3.05, 3.63) is 40.4 Å². The summed E-state index contributed by atoms with van der Waals surface area (Å²) in [4.78, 5) is 19.0. The van der Waals surface area contributed by atoms with Crippen LogP contribution in [0.3, 0.4) is 0 Å². The first-order chi connectivity index (χ1) is 8.52. The highest BCUT2D eigenvalue weighted by atomic mass is 16.1. The molecule has 0 aliphatic rings. The molecule has 4 nitrogen and oxygen atoms in total. The number of para-hydroxylation sites is 1. The molecule has 2 aromatic rings. The first kappa shape index (κ1) is 12.3. The molecule has 0 aliphatic carbocycles. The lowest BCUT2D eigenvalue weighted by molar-refractivity contribution is 0.481. The molecule has 0 spiro atoms. The fraction of sp³-hybridized carbons (Fsp3) is 0.286. The summed E-state index contributed by atoms with van der Waals surface area (Å²) in [6.45, 7) is 4.22. The van der Waals surface area contributed by atoms with Crippen molar-refractivity contribution in [1.82, 2.24) is 15.3 Å². The topological polar surface area (TPSA) is 57.8 Å². The van der Waals surface area contributed by atoms with Crippen LogP contribution in [0.15, 0.2) is 29.1 Å². The predicted octanol–water partition coefficient (Wildman–Crippen LogP) is 1.42. The highest BCUT2D eigenvalue weighted by Gasteiger charge is 2.13. The third-order valence-electron chi connectivity index (χ3n) is 2.72. The fourth-order valence-electron chi connectivity index (χ4n) is 1.57. The number of hydrogen-bond donors (Lipinski definition) is 2. The van der Waals surface area contributed by atoms with Crippen LogP contribution in [0.2, 0.25) is 0 Å². The van der Waals surface area contributed by atoms with Gasteiger partial charge in [0.2, 0.25) is 0 Å². The molecule has 1 heterocycles. The quantitative estimate of drug-likeness (QED) is 0.799. The summed E-state index contributed by atoms with van der Waals surface area (Å²) in [6, 6.07) is 7.25. The molecule has 0 fully saturated rings. The van der Waals surface area contributed by atoms with E-state index >= 15 is 0 Å². The van der Waals surface area contributed by atoms with Gasteiger partial charge < -0.3 is 4.98 Å². The van der Waals surface area contributed by atoms with E-state index < -0.39 is 5.54 Å². The first-order valence-corrected chi connectivity index (χ1v) is 5.72. The van der Waals surface area contributed by atoms with Gasteiger partial charge in [-0.05, 0) is 26.0 Å². The monoisotopic (exact) mass is 241 g/mol. The van der Waals surface area contributed by atoms with Gasteiger partial charge in [0.25, 0.3) is 5.56 Å². The molecule has 92 valence electrons. The smallest absolute Gasteiger partial charge is 0.258 e. The largest absolute Gasteiger partial charge is 0.309 e. The van der Waals surface area contributed by atoms with E-state index in [1.807, 2.05) is 32.0 Å². The fourth-order valence-corrected chi connectivity index (χ4v) is 1.57. The summed E-state index contributed by atoms with van der Waals surface area (Å²) in [7, 11) is 0. The van der Waals surface area contributed by atoms with E-state index in [1.165, 1.54) is 0 Å². The molecule has 2 N–H and O–H groups in total. The summed E-state index contributed by atoms with van der Waals surface area (Å²) in [5, 5.41) is 3.74. The molecule has 4 heteroatoms. The van der Waals surface area contributed by atoms with E-state index in [0.717, 1.165) is 0 Å². The predicted molar refractivity (Wildman–Crippen MR) is 72.1 cm³/mol. The number of aromatic amines is 1. The molecule has 1 aromatic heterocycles. The summed E-state index contributed by atoms with van der Waals surface area (Å²) in [5.41, 5.74) is 0.136. The number of nitrogens with zero attached hydrogens (tertiary/aromatic N) is 1. The van der Waals surface area contributed by atoms with Crippen LogP contribution in [0.5, 0.6) is 0 Å². The number of terminal acetylenes is 1. The van der Waals surface area contributed by atoms with Crippen molar-refractivity contribution in [2.24, 2.45) is 0 Å². The van der Waals surface area contributed by atoms with Crippen molar-refractivity contribution in [2.75, 3.05) is 0 Å². The minimum atomic E-state index is -0.426. The van der Waals surface area contributed by atoms with Crippen LogP contribution in [-0.4, -0.2) is 15.5 Å². The molecular weight excluding hydrogens is 226 g/mol. The zero-order valence-corrected chi connectivity index (χ0v) is 10.4. The average molecular weight is 241 g/mol. The summed E-state index contributed by atoms with van der Waals surface area (Å²) in [5.74, 6) is 3.22. The number of hydrogen-bond acceptors (Lipinski definition) is 3. The van der Waals surface area contributed by atoms with Crippen LogP contribution in [0.1, 0.15) is 19.7 Å². The van der Waals surface area contributed by atoms with Gasteiger partial charge in [0.15, 0.2) is 0 Å². The highest BCUT2D eigenvalue weighted by Crippen LogP contribution is 2.06. The standard InChI is InChI=1S/C14H15N3O/c1-4-14(2,3)15-9-12-16-11-8-6-5-7-10(11)13(18)17-12/h1,5-8,15H,9H2,2-3H3,(H,16,17,18). The molecule has 0 unspecified atom stereocenters. The van der Waals surface area contributed by atoms with Gasteiger partial charge in [-0.2, -0.15) is 0 Å². The van der Waals surface area contributed by atoms with Gasteiger partial charge in [0.05, 0.1) is 23.0 Å². The molecule has 0 saturated carbocycles. The summed E-state index contributed by atoms with van der Waals surface area (Å²) in [6.07, 6.45) is 5.39. The third-order valence-corrected chi connectivity index (χ3v) is 2.72. The number of benzene rings is 1. The Morgan fingerprint density at radius 2 is 2.17 bits per heavy atom. The Bertz CT molecular complexity index is 665. The van der Waals surface area contributed by atoms with Gasteiger partial charge in [-0.25, -0.2) is 4.98 Å². The molecule has 1 aromatic carbocycles. The third kappa shape index (κ3) is 2.58. The molecule has 0 amide bonds. The van der Waals surface area contributed by atoms with Crippen LogP contribution >= 0.6 is 0 Å². The Morgan fingerprint density at radius 1 is 1.44 bits per heavy atom. The number of aromatic nitrogens is 2. The van der Waals surface area contributed by atoms with Crippen LogP contribution in [-0.2, 0) is 6.54 Å². The average Bonchev–Trinajstić information content (AvgIpc) is 2.37. The highest BCUT2D eigenvalue weighted by molar-refractivity contribution is 5.77. The van der Waals surface area contributed by atoms with Crippen LogP contribution in [0.25, 0.3) is 10.9 Å². The lowest BCUT2D eigenvalue weighted by Crippen LogP contribution is -2.37. The van der Waals surface area contributed by atoms with E-state index in [0.29, 0.717) is 23.3 Å². The van der Waals surface area contributed by atoms with Crippen molar-refractivity contribution in [3.8, 4) is 12.3 Å². The Morgan fingerprint density at radius 3 is 2.89 bits per heavy atom. The van der Waals surface area contributed by atoms with Gasteiger partial charge >= 0.3 is 0 Å². The van der Waals surface area contributed by atoms with Crippen molar-refractivity contribution >= 4 is 10.9 Å². The first-order valence-electron chi connectivity index (χ1n) is 5.72. The maximum atomic E-state index is 11.8. The van der Waals surface area contributed by atoms with Crippen LogP contribution in [0, 0.1) is 12.3 Å². The van der Waals surface area contributed by atoms with Gasteiger partial charge in [-0.3, -0.25) is 10.1 Å². The minimum absolute atomic E-state index is 0.129. The molecule has 0 saturated heterocycles. The van der Waals surface area contributed by atoms with E-state index in [9.17, 15) is 4.79 Å². The minimum Gasteiger partial charge on any atom is -0.309 e. The van der Waals surface area contributed by atoms with Gasteiger partial charge in [-0.1, -0.05) is 18.1 Å². The van der Waals surface area contributed by atoms with E-state index in [4.69, 9.17) is 6.42 Å². The molecule has 0 radical (unpaired) electrons. The second kappa shape index (κ2) is 4.63. The second-order valence-corrected chi connectivity index (χ2v) is 4.65. The number of H-pyrrole nitrogens is 1. The number of rotatable bonds is 3. The Labute approximate surface area is 105 Å². The molecule has 0 bridgehead atoms. The van der Waals surface area contributed by atoms with Crippen molar-refractivity contribution in [3.63, 3.8) is 0 Å².